The molecule has 1 aliphatic carbocycles. The topological polar surface area (TPSA) is 41.1 Å². The summed E-state index contributed by atoms with van der Waals surface area (Å²) in [5.41, 5.74) is 2.95. The van der Waals surface area contributed by atoms with Crippen LogP contribution < -0.4 is 10.6 Å². The van der Waals surface area contributed by atoms with Crippen molar-refractivity contribution in [3.05, 3.63) is 23.8 Å². The highest BCUT2D eigenvalue weighted by Crippen LogP contribution is 2.44. The molecule has 2 unspecified atom stereocenters. The number of hydrogen-bond acceptors (Lipinski definition) is 2. The summed E-state index contributed by atoms with van der Waals surface area (Å²) >= 11 is 0. The third-order valence-electron chi connectivity index (χ3n) is 4.32. The van der Waals surface area contributed by atoms with E-state index < -0.39 is 0 Å². The number of anilines is 2. The minimum Gasteiger partial charge on any atom is -0.379 e. The molecule has 90 valence electrons. The van der Waals surface area contributed by atoms with E-state index in [1.165, 1.54) is 5.56 Å². The van der Waals surface area contributed by atoms with Crippen molar-refractivity contribution in [2.45, 2.75) is 39.2 Å². The van der Waals surface area contributed by atoms with Gasteiger partial charge in [0.25, 0.3) is 0 Å². The zero-order chi connectivity index (χ0) is 12.0. The van der Waals surface area contributed by atoms with Crippen LogP contribution >= 0.6 is 0 Å². The van der Waals surface area contributed by atoms with Crippen LogP contribution in [0, 0.1) is 12.3 Å². The number of aryl methyl sites for hydroxylation is 1. The summed E-state index contributed by atoms with van der Waals surface area (Å²) in [6.07, 6.45) is 3.18. The van der Waals surface area contributed by atoms with E-state index in [1.54, 1.807) is 0 Å². The molecule has 3 rings (SSSR count). The lowest BCUT2D eigenvalue weighted by atomic mass is 9.84. The number of hydrogen-bond donors (Lipinski definition) is 2. The van der Waals surface area contributed by atoms with Crippen molar-refractivity contribution in [3.8, 4) is 0 Å². The van der Waals surface area contributed by atoms with Crippen molar-refractivity contribution < 1.29 is 4.79 Å². The van der Waals surface area contributed by atoms with Gasteiger partial charge in [-0.05, 0) is 38.3 Å². The fourth-order valence-electron chi connectivity index (χ4n) is 3.07. The molecule has 1 aromatic rings. The Morgan fingerprint density at radius 2 is 2.24 bits per heavy atom. The Morgan fingerprint density at radius 3 is 3.06 bits per heavy atom. The number of rotatable bonds is 0. The summed E-state index contributed by atoms with van der Waals surface area (Å²) in [5.74, 6) is 0.164. The first-order chi connectivity index (χ1) is 8.11. The van der Waals surface area contributed by atoms with Gasteiger partial charge in [0.15, 0.2) is 0 Å². The minimum atomic E-state index is -0.258. The maximum Gasteiger partial charge on any atom is 0.232 e. The first-order valence-corrected chi connectivity index (χ1v) is 6.29. The van der Waals surface area contributed by atoms with Crippen molar-refractivity contribution in [1.82, 2.24) is 0 Å². The Kier molecular flexibility index (Phi) is 2.18. The zero-order valence-corrected chi connectivity index (χ0v) is 10.3. The van der Waals surface area contributed by atoms with Crippen LogP contribution in [0.1, 0.15) is 31.7 Å². The SMILES string of the molecule is Cc1cccc2c1NC1CCCC1(C)C(=O)N2. The van der Waals surface area contributed by atoms with Gasteiger partial charge in [-0.2, -0.15) is 0 Å². The Bertz CT molecular complexity index is 483. The molecule has 0 spiro atoms. The predicted octanol–water partition coefficient (Wildman–Crippen LogP) is 2.92. The summed E-state index contributed by atoms with van der Waals surface area (Å²) < 4.78 is 0. The Labute approximate surface area is 102 Å². The Balaban J connectivity index is 2.09. The molecule has 3 heteroatoms. The van der Waals surface area contributed by atoms with Gasteiger partial charge in [-0.3, -0.25) is 4.79 Å². The average Bonchev–Trinajstić information content (AvgIpc) is 2.62. The fraction of sp³-hybridized carbons (Fsp3) is 0.500. The highest BCUT2D eigenvalue weighted by atomic mass is 16.2. The summed E-state index contributed by atoms with van der Waals surface area (Å²) in [6, 6.07) is 6.30. The third kappa shape index (κ3) is 1.45. The maximum absolute atomic E-state index is 12.3. The maximum atomic E-state index is 12.3. The van der Waals surface area contributed by atoms with E-state index in [1.807, 2.05) is 12.1 Å². The van der Waals surface area contributed by atoms with Gasteiger partial charge >= 0.3 is 0 Å². The molecular formula is C14H18N2O. The van der Waals surface area contributed by atoms with Crippen LogP contribution in [0.3, 0.4) is 0 Å². The van der Waals surface area contributed by atoms with Gasteiger partial charge in [0.2, 0.25) is 5.91 Å². The molecule has 17 heavy (non-hydrogen) atoms. The van der Waals surface area contributed by atoms with Crippen LogP contribution in [0.5, 0.6) is 0 Å². The second kappa shape index (κ2) is 3.49. The number of fused-ring (bicyclic) bond motifs is 2. The van der Waals surface area contributed by atoms with E-state index in [-0.39, 0.29) is 17.4 Å². The molecule has 2 N–H and O–H groups in total. The fourth-order valence-corrected chi connectivity index (χ4v) is 3.07. The van der Waals surface area contributed by atoms with Gasteiger partial charge in [0.1, 0.15) is 0 Å². The lowest BCUT2D eigenvalue weighted by molar-refractivity contribution is -0.124. The van der Waals surface area contributed by atoms with Gasteiger partial charge < -0.3 is 10.6 Å². The number of nitrogens with one attached hydrogen (secondary N) is 2. The molecule has 2 aliphatic rings. The number of carbonyl (C=O) groups excluding carboxylic acids is 1. The molecule has 1 amide bonds. The predicted molar refractivity (Wildman–Crippen MR) is 69.2 cm³/mol. The number of carbonyl (C=O) groups is 1. The van der Waals surface area contributed by atoms with Crippen LogP contribution in [0.25, 0.3) is 0 Å². The molecule has 0 aromatic heterocycles. The summed E-state index contributed by atoms with van der Waals surface area (Å²) in [5, 5.41) is 6.65. The molecule has 1 heterocycles. The molecule has 3 nitrogen and oxygen atoms in total. The summed E-state index contributed by atoms with van der Waals surface area (Å²) in [4.78, 5) is 12.3. The second-order valence-electron chi connectivity index (χ2n) is 5.46. The molecular weight excluding hydrogens is 212 g/mol. The van der Waals surface area contributed by atoms with Crippen LogP contribution in [-0.4, -0.2) is 11.9 Å². The van der Waals surface area contributed by atoms with Crippen molar-refractivity contribution >= 4 is 17.3 Å². The normalized spacial score (nSPS) is 30.9. The molecule has 0 radical (unpaired) electrons. The zero-order valence-electron chi connectivity index (χ0n) is 10.3. The Morgan fingerprint density at radius 1 is 1.41 bits per heavy atom. The molecule has 0 saturated heterocycles. The summed E-state index contributed by atoms with van der Waals surface area (Å²) in [7, 11) is 0. The van der Waals surface area contributed by atoms with E-state index in [9.17, 15) is 4.79 Å². The van der Waals surface area contributed by atoms with Crippen molar-refractivity contribution in [2.75, 3.05) is 10.6 Å². The quantitative estimate of drug-likeness (QED) is 0.719. The van der Waals surface area contributed by atoms with E-state index in [0.29, 0.717) is 0 Å². The number of para-hydroxylation sites is 1. The van der Waals surface area contributed by atoms with Gasteiger partial charge in [0.05, 0.1) is 16.8 Å². The van der Waals surface area contributed by atoms with Crippen LogP contribution in [0.2, 0.25) is 0 Å². The van der Waals surface area contributed by atoms with Gasteiger partial charge in [0, 0.05) is 6.04 Å². The molecule has 1 aliphatic heterocycles. The van der Waals surface area contributed by atoms with Crippen molar-refractivity contribution in [3.63, 3.8) is 0 Å². The lowest BCUT2D eigenvalue weighted by Crippen LogP contribution is -2.41. The molecule has 1 fully saturated rings. The second-order valence-corrected chi connectivity index (χ2v) is 5.46. The van der Waals surface area contributed by atoms with E-state index >= 15 is 0 Å². The summed E-state index contributed by atoms with van der Waals surface area (Å²) in [6.45, 7) is 4.16. The van der Waals surface area contributed by atoms with Crippen LogP contribution in [-0.2, 0) is 4.79 Å². The van der Waals surface area contributed by atoms with Gasteiger partial charge in [-0.15, -0.1) is 0 Å². The van der Waals surface area contributed by atoms with Crippen molar-refractivity contribution in [2.24, 2.45) is 5.41 Å². The standard InChI is InChI=1S/C14H18N2O/c1-9-5-3-6-10-12(9)16-11-7-4-8-14(11,2)13(17)15-10/h3,5-6,11,16H,4,7-8H2,1-2H3,(H,15,17). The van der Waals surface area contributed by atoms with E-state index in [0.717, 1.165) is 30.6 Å². The largest absolute Gasteiger partial charge is 0.379 e. The average molecular weight is 230 g/mol. The monoisotopic (exact) mass is 230 g/mol. The Hall–Kier alpha value is -1.51. The molecule has 2 atom stereocenters. The third-order valence-corrected chi connectivity index (χ3v) is 4.32. The van der Waals surface area contributed by atoms with Gasteiger partial charge in [-0.25, -0.2) is 0 Å². The first kappa shape index (κ1) is 10.6. The van der Waals surface area contributed by atoms with Crippen molar-refractivity contribution in [1.29, 1.82) is 0 Å². The van der Waals surface area contributed by atoms with Crippen LogP contribution in [0.15, 0.2) is 18.2 Å². The van der Waals surface area contributed by atoms with Crippen LogP contribution in [0.4, 0.5) is 11.4 Å². The highest BCUT2D eigenvalue weighted by molar-refractivity contribution is 6.00. The molecule has 0 bridgehead atoms. The smallest absolute Gasteiger partial charge is 0.232 e. The number of benzene rings is 1. The van der Waals surface area contributed by atoms with E-state index in [2.05, 4.69) is 30.5 Å². The lowest BCUT2D eigenvalue weighted by Gasteiger charge is -2.28. The van der Waals surface area contributed by atoms with E-state index in [4.69, 9.17) is 0 Å². The first-order valence-electron chi connectivity index (χ1n) is 6.29. The minimum absolute atomic E-state index is 0.164. The van der Waals surface area contributed by atoms with Gasteiger partial charge in [-0.1, -0.05) is 18.6 Å². The molecule has 1 aromatic carbocycles. The molecule has 1 saturated carbocycles. The highest BCUT2D eigenvalue weighted by Gasteiger charge is 2.46. The number of amides is 1.